The average Bonchev–Trinajstić information content (AvgIpc) is 2.70. The minimum Gasteiger partial charge on any atom is -0.365 e. The number of aryl methyl sites for hydroxylation is 2. The highest BCUT2D eigenvalue weighted by Gasteiger charge is 2.10. The van der Waals surface area contributed by atoms with Crippen molar-refractivity contribution in [1.82, 2.24) is 19.7 Å². The minimum absolute atomic E-state index is 0.715. The van der Waals surface area contributed by atoms with Crippen LogP contribution in [-0.4, -0.2) is 19.7 Å². The van der Waals surface area contributed by atoms with E-state index in [1.807, 2.05) is 42.9 Å². The van der Waals surface area contributed by atoms with Crippen LogP contribution in [-0.2, 0) is 13.6 Å². The molecule has 0 amide bonds. The zero-order chi connectivity index (χ0) is 14.1. The Morgan fingerprint density at radius 1 is 1.15 bits per heavy atom. The highest BCUT2D eigenvalue weighted by molar-refractivity contribution is 5.88. The molecule has 0 bridgehead atoms. The van der Waals surface area contributed by atoms with E-state index in [2.05, 4.69) is 27.3 Å². The van der Waals surface area contributed by atoms with Crippen LogP contribution in [0.15, 0.2) is 30.6 Å². The van der Waals surface area contributed by atoms with Crippen LogP contribution in [0.2, 0.25) is 0 Å². The molecule has 20 heavy (non-hydrogen) atoms. The normalized spacial score (nSPS) is 10.9. The first kappa shape index (κ1) is 12.6. The van der Waals surface area contributed by atoms with E-state index in [4.69, 9.17) is 0 Å². The monoisotopic (exact) mass is 267 g/mol. The fourth-order valence-electron chi connectivity index (χ4n) is 2.39. The topological polar surface area (TPSA) is 55.6 Å². The summed E-state index contributed by atoms with van der Waals surface area (Å²) in [7, 11) is 1.96. The molecule has 5 heteroatoms. The first-order valence-electron chi connectivity index (χ1n) is 6.59. The molecule has 0 aliphatic heterocycles. The number of hydrogen-bond acceptors (Lipinski definition) is 4. The quantitative estimate of drug-likeness (QED) is 0.792. The van der Waals surface area contributed by atoms with Crippen molar-refractivity contribution in [2.75, 3.05) is 5.32 Å². The molecule has 3 rings (SSSR count). The summed E-state index contributed by atoms with van der Waals surface area (Å²) < 4.78 is 1.91. The molecule has 0 aliphatic rings. The summed E-state index contributed by atoms with van der Waals surface area (Å²) in [5.41, 5.74) is 4.39. The smallest absolute Gasteiger partial charge is 0.137 e. The molecule has 3 aromatic rings. The second-order valence-corrected chi connectivity index (χ2v) is 4.87. The third-order valence-electron chi connectivity index (χ3n) is 3.63. The Morgan fingerprint density at radius 3 is 2.70 bits per heavy atom. The maximum atomic E-state index is 4.43. The highest BCUT2D eigenvalue weighted by Crippen LogP contribution is 2.20. The van der Waals surface area contributed by atoms with Crippen LogP contribution < -0.4 is 5.32 Å². The van der Waals surface area contributed by atoms with Gasteiger partial charge in [0.25, 0.3) is 0 Å². The van der Waals surface area contributed by atoms with Gasteiger partial charge in [-0.15, -0.1) is 0 Å². The Hall–Kier alpha value is -2.43. The number of fused-ring (bicyclic) bond motifs is 1. The predicted molar refractivity (Wildman–Crippen MR) is 79.5 cm³/mol. The van der Waals surface area contributed by atoms with E-state index in [-0.39, 0.29) is 0 Å². The van der Waals surface area contributed by atoms with Crippen LogP contribution in [0.5, 0.6) is 0 Å². The molecule has 0 radical (unpaired) electrons. The van der Waals surface area contributed by atoms with E-state index in [9.17, 15) is 0 Å². The number of nitrogens with one attached hydrogen (secondary N) is 1. The van der Waals surface area contributed by atoms with Crippen LogP contribution >= 0.6 is 0 Å². The van der Waals surface area contributed by atoms with Crippen molar-refractivity contribution in [3.63, 3.8) is 0 Å². The van der Waals surface area contributed by atoms with Crippen molar-refractivity contribution in [2.45, 2.75) is 20.4 Å². The van der Waals surface area contributed by atoms with Crippen molar-refractivity contribution in [3.8, 4) is 0 Å². The molecule has 2 aromatic heterocycles. The largest absolute Gasteiger partial charge is 0.365 e. The van der Waals surface area contributed by atoms with Crippen LogP contribution in [0.25, 0.3) is 10.9 Å². The van der Waals surface area contributed by atoms with Crippen molar-refractivity contribution >= 4 is 16.7 Å². The zero-order valence-corrected chi connectivity index (χ0v) is 11.9. The second kappa shape index (κ2) is 4.92. The van der Waals surface area contributed by atoms with Crippen LogP contribution in [0.1, 0.15) is 17.0 Å². The van der Waals surface area contributed by atoms with E-state index < -0.39 is 0 Å². The van der Waals surface area contributed by atoms with E-state index in [1.54, 1.807) is 6.33 Å². The molecule has 0 unspecified atom stereocenters. The molecule has 0 spiro atoms. The zero-order valence-electron chi connectivity index (χ0n) is 11.9. The van der Waals surface area contributed by atoms with Gasteiger partial charge in [0.2, 0.25) is 0 Å². The van der Waals surface area contributed by atoms with Crippen LogP contribution in [0, 0.1) is 13.8 Å². The van der Waals surface area contributed by atoms with E-state index in [0.29, 0.717) is 6.54 Å². The lowest BCUT2D eigenvalue weighted by Crippen LogP contribution is -2.04. The molecule has 102 valence electrons. The van der Waals surface area contributed by atoms with Crippen molar-refractivity contribution in [2.24, 2.45) is 7.05 Å². The van der Waals surface area contributed by atoms with E-state index in [0.717, 1.165) is 22.4 Å². The summed E-state index contributed by atoms with van der Waals surface area (Å²) in [6, 6.07) is 8.00. The fraction of sp³-hybridized carbons (Fsp3) is 0.267. The van der Waals surface area contributed by atoms with Gasteiger partial charge < -0.3 is 5.32 Å². The Bertz CT molecular complexity index is 755. The molecular formula is C15H17N5. The van der Waals surface area contributed by atoms with Gasteiger partial charge in [-0.05, 0) is 26.0 Å². The number of nitrogens with zero attached hydrogens (tertiary/aromatic N) is 4. The first-order valence-corrected chi connectivity index (χ1v) is 6.59. The lowest BCUT2D eigenvalue weighted by molar-refractivity contribution is 0.730. The summed E-state index contributed by atoms with van der Waals surface area (Å²) >= 11 is 0. The van der Waals surface area contributed by atoms with Gasteiger partial charge in [-0.25, -0.2) is 9.97 Å². The van der Waals surface area contributed by atoms with Gasteiger partial charge in [0.05, 0.1) is 11.2 Å². The highest BCUT2D eigenvalue weighted by atomic mass is 15.3. The Morgan fingerprint density at radius 2 is 1.95 bits per heavy atom. The van der Waals surface area contributed by atoms with Crippen molar-refractivity contribution in [3.05, 3.63) is 47.5 Å². The van der Waals surface area contributed by atoms with Gasteiger partial charge >= 0.3 is 0 Å². The molecular weight excluding hydrogens is 250 g/mol. The third kappa shape index (κ3) is 2.11. The van der Waals surface area contributed by atoms with Crippen LogP contribution in [0.4, 0.5) is 5.82 Å². The molecule has 0 atom stereocenters. The van der Waals surface area contributed by atoms with Crippen molar-refractivity contribution < 1.29 is 0 Å². The lowest BCUT2D eigenvalue weighted by atomic mass is 10.2. The molecule has 1 aromatic carbocycles. The standard InChI is InChI=1S/C15H17N5/c1-10-13(11(2)20(3)19-10)8-16-15-12-6-4-5-7-14(12)17-9-18-15/h4-7,9H,8H2,1-3H3,(H,16,17,18). The molecule has 2 heterocycles. The second-order valence-electron chi connectivity index (χ2n) is 4.87. The maximum Gasteiger partial charge on any atom is 0.137 e. The Kier molecular flexibility index (Phi) is 3.10. The Balaban J connectivity index is 1.91. The number of benzene rings is 1. The molecule has 0 saturated carbocycles. The summed E-state index contributed by atoms with van der Waals surface area (Å²) in [6.45, 7) is 4.82. The van der Waals surface area contributed by atoms with Crippen molar-refractivity contribution in [1.29, 1.82) is 0 Å². The first-order chi connectivity index (χ1) is 9.66. The SMILES string of the molecule is Cc1nn(C)c(C)c1CNc1ncnc2ccccc12. The van der Waals surface area contributed by atoms with Gasteiger partial charge in [-0.3, -0.25) is 4.68 Å². The van der Waals surface area contributed by atoms with E-state index >= 15 is 0 Å². The van der Waals surface area contributed by atoms with Gasteiger partial charge in [-0.2, -0.15) is 5.10 Å². The predicted octanol–water partition coefficient (Wildman–Crippen LogP) is 2.59. The average molecular weight is 267 g/mol. The summed E-state index contributed by atoms with van der Waals surface area (Å²) in [5.74, 6) is 0.859. The van der Waals surface area contributed by atoms with Gasteiger partial charge in [0.15, 0.2) is 0 Å². The molecule has 0 fully saturated rings. The fourth-order valence-corrected chi connectivity index (χ4v) is 2.39. The summed E-state index contributed by atoms with van der Waals surface area (Å²) in [4.78, 5) is 8.61. The number of aromatic nitrogens is 4. The third-order valence-corrected chi connectivity index (χ3v) is 3.63. The number of hydrogen-bond donors (Lipinski definition) is 1. The summed E-state index contributed by atoms with van der Waals surface area (Å²) in [5, 5.41) is 8.86. The van der Waals surface area contributed by atoms with Gasteiger partial charge in [0, 0.05) is 30.2 Å². The molecule has 5 nitrogen and oxygen atoms in total. The number of para-hydroxylation sites is 1. The molecule has 0 aliphatic carbocycles. The minimum atomic E-state index is 0.715. The number of rotatable bonds is 3. The van der Waals surface area contributed by atoms with E-state index in [1.165, 1.54) is 11.3 Å². The maximum absolute atomic E-state index is 4.43. The molecule has 1 N–H and O–H groups in total. The van der Waals surface area contributed by atoms with Gasteiger partial charge in [-0.1, -0.05) is 12.1 Å². The summed E-state index contributed by atoms with van der Waals surface area (Å²) in [6.07, 6.45) is 1.59. The molecule has 0 saturated heterocycles. The Labute approximate surface area is 117 Å². The van der Waals surface area contributed by atoms with Gasteiger partial charge in [0.1, 0.15) is 12.1 Å². The number of anilines is 1. The van der Waals surface area contributed by atoms with Crippen LogP contribution in [0.3, 0.4) is 0 Å². The lowest BCUT2D eigenvalue weighted by Gasteiger charge is -2.08.